The Morgan fingerprint density at radius 3 is 2.68 bits per heavy atom. The number of piperidine rings is 1. The lowest BCUT2D eigenvalue weighted by molar-refractivity contribution is 0.252. The van der Waals surface area contributed by atoms with Crippen molar-refractivity contribution in [2.75, 3.05) is 44.6 Å². The minimum atomic E-state index is 0.297. The molecule has 5 heterocycles. The molecule has 1 atom stereocenters. The van der Waals surface area contributed by atoms with Crippen molar-refractivity contribution in [2.45, 2.75) is 44.6 Å². The van der Waals surface area contributed by atoms with Crippen LogP contribution >= 0.6 is 11.3 Å². The molecule has 2 aromatic rings. The van der Waals surface area contributed by atoms with Gasteiger partial charge < -0.3 is 15.1 Å². The van der Waals surface area contributed by atoms with Gasteiger partial charge in [0.15, 0.2) is 0 Å². The van der Waals surface area contributed by atoms with E-state index < -0.39 is 0 Å². The van der Waals surface area contributed by atoms with E-state index in [2.05, 4.69) is 50.2 Å². The number of anilines is 1. The molecule has 6 nitrogen and oxygen atoms in total. The molecule has 0 bridgehead atoms. The lowest BCUT2D eigenvalue weighted by Crippen LogP contribution is -2.35. The van der Waals surface area contributed by atoms with Crippen molar-refractivity contribution in [3.63, 3.8) is 0 Å². The normalized spacial score (nSPS) is 22.3. The molecule has 0 radical (unpaired) electrons. The number of rotatable bonds is 7. The van der Waals surface area contributed by atoms with Gasteiger partial charge in [-0.25, -0.2) is 9.97 Å². The highest BCUT2D eigenvalue weighted by atomic mass is 32.1. The van der Waals surface area contributed by atoms with Crippen LogP contribution < -0.4 is 5.32 Å². The van der Waals surface area contributed by atoms with Crippen LogP contribution in [0.15, 0.2) is 40.5 Å². The van der Waals surface area contributed by atoms with Gasteiger partial charge in [-0.05, 0) is 63.9 Å². The van der Waals surface area contributed by atoms with E-state index in [1.54, 1.807) is 11.3 Å². The Hall–Kier alpha value is -2.25. The molecule has 5 rings (SSSR count). The number of likely N-dealkylation sites (tertiary alicyclic amines) is 2. The minimum Gasteiger partial charge on any atom is -0.382 e. The molecule has 3 aliphatic rings. The fraction of sp³-hybridized carbons (Fsp3) is 0.542. The van der Waals surface area contributed by atoms with Crippen LogP contribution in [0, 0.1) is 0 Å². The second-order valence-electron chi connectivity index (χ2n) is 8.77. The molecule has 0 saturated carbocycles. The van der Waals surface area contributed by atoms with Gasteiger partial charge in [-0.15, -0.1) is 11.3 Å². The third kappa shape index (κ3) is 4.67. The maximum Gasteiger partial charge on any atom is 0.141 e. The highest BCUT2D eigenvalue weighted by molar-refractivity contribution is 7.13. The zero-order valence-electron chi connectivity index (χ0n) is 18.3. The molecule has 2 fully saturated rings. The van der Waals surface area contributed by atoms with E-state index in [1.165, 1.54) is 43.0 Å². The van der Waals surface area contributed by atoms with Gasteiger partial charge in [0.05, 0.1) is 23.1 Å². The first kappa shape index (κ1) is 20.6. The molecule has 0 aromatic carbocycles. The van der Waals surface area contributed by atoms with Crippen molar-refractivity contribution in [1.29, 1.82) is 0 Å². The minimum absolute atomic E-state index is 0.297. The lowest BCUT2D eigenvalue weighted by Gasteiger charge is -2.36. The van der Waals surface area contributed by atoms with Gasteiger partial charge in [-0.2, -0.15) is 0 Å². The van der Waals surface area contributed by atoms with Crippen LogP contribution in [0.5, 0.6) is 0 Å². The molecule has 3 aliphatic heterocycles. The Morgan fingerprint density at radius 1 is 1.13 bits per heavy atom. The number of thiazole rings is 1. The molecular formula is C24H32N6S. The zero-order chi connectivity index (χ0) is 21.0. The van der Waals surface area contributed by atoms with Gasteiger partial charge in [-0.3, -0.25) is 4.99 Å². The van der Waals surface area contributed by atoms with E-state index in [1.807, 2.05) is 17.8 Å². The van der Waals surface area contributed by atoms with Crippen LogP contribution in [0.3, 0.4) is 0 Å². The number of allylic oxidation sites excluding steroid dienone is 1. The van der Waals surface area contributed by atoms with Crippen LogP contribution in [0.4, 0.5) is 5.69 Å². The Balaban J connectivity index is 1.30. The first-order valence-electron chi connectivity index (χ1n) is 11.6. The third-order valence-electron chi connectivity index (χ3n) is 6.75. The monoisotopic (exact) mass is 436 g/mol. The van der Waals surface area contributed by atoms with Gasteiger partial charge in [0.25, 0.3) is 0 Å². The highest BCUT2D eigenvalue weighted by Gasteiger charge is 2.27. The van der Waals surface area contributed by atoms with Crippen LogP contribution in [0.25, 0.3) is 10.7 Å². The summed E-state index contributed by atoms with van der Waals surface area (Å²) >= 11 is 1.66. The Kier molecular flexibility index (Phi) is 6.32. The number of nitrogens with zero attached hydrogens (tertiary/aromatic N) is 5. The van der Waals surface area contributed by atoms with Crippen LogP contribution in [0.2, 0.25) is 0 Å². The summed E-state index contributed by atoms with van der Waals surface area (Å²) in [5.74, 6) is 0.476. The van der Waals surface area contributed by atoms with E-state index in [0.29, 0.717) is 12.0 Å². The van der Waals surface area contributed by atoms with Gasteiger partial charge in [-0.1, -0.05) is 0 Å². The predicted molar refractivity (Wildman–Crippen MR) is 129 cm³/mol. The van der Waals surface area contributed by atoms with E-state index in [4.69, 9.17) is 4.98 Å². The fourth-order valence-corrected chi connectivity index (χ4v) is 5.61. The summed E-state index contributed by atoms with van der Waals surface area (Å²) in [6.45, 7) is 8.90. The van der Waals surface area contributed by atoms with Crippen molar-refractivity contribution < 1.29 is 0 Å². The van der Waals surface area contributed by atoms with Crippen molar-refractivity contribution >= 4 is 23.2 Å². The average Bonchev–Trinajstić information content (AvgIpc) is 3.57. The first-order chi connectivity index (χ1) is 15.3. The molecule has 2 aromatic heterocycles. The van der Waals surface area contributed by atoms with E-state index >= 15 is 0 Å². The summed E-state index contributed by atoms with van der Waals surface area (Å²) in [5, 5.41) is 6.74. The average molecular weight is 437 g/mol. The maximum atomic E-state index is 5.14. The molecule has 2 saturated heterocycles. The lowest BCUT2D eigenvalue weighted by atomic mass is 9.91. The Labute approximate surface area is 189 Å². The second-order valence-corrected chi connectivity index (χ2v) is 9.66. The number of hydrogen-bond acceptors (Lipinski definition) is 7. The quantitative estimate of drug-likeness (QED) is 0.703. The van der Waals surface area contributed by atoms with Gasteiger partial charge in [0, 0.05) is 55.6 Å². The smallest absolute Gasteiger partial charge is 0.141 e. The molecular weight excluding hydrogens is 404 g/mol. The van der Waals surface area contributed by atoms with Gasteiger partial charge in [0.2, 0.25) is 0 Å². The largest absolute Gasteiger partial charge is 0.382 e. The van der Waals surface area contributed by atoms with Crippen molar-refractivity contribution in [3.05, 3.63) is 41.2 Å². The molecule has 164 valence electrons. The van der Waals surface area contributed by atoms with Crippen molar-refractivity contribution in [2.24, 2.45) is 4.99 Å². The summed E-state index contributed by atoms with van der Waals surface area (Å²) in [6, 6.07) is 4.65. The summed E-state index contributed by atoms with van der Waals surface area (Å²) in [4.78, 5) is 19.2. The molecule has 7 heteroatoms. The zero-order valence-corrected chi connectivity index (χ0v) is 19.2. The summed E-state index contributed by atoms with van der Waals surface area (Å²) in [7, 11) is 0. The highest BCUT2D eigenvalue weighted by Crippen LogP contribution is 2.35. The third-order valence-corrected chi connectivity index (χ3v) is 7.54. The number of pyridine rings is 1. The first-order valence-corrected chi connectivity index (χ1v) is 12.5. The standard InChI is InChI=1S/C24H32N6S/c1-18-22(6-9-25-18)30-14-7-19(8-15-30)23-20(26-10-16-29-12-2-3-13-29)4-5-21(28-23)24-27-11-17-31-24/h4-6,9,11,17-19,26H,2-3,7-8,10,12-16H2,1H3. The molecule has 0 spiro atoms. The van der Waals surface area contributed by atoms with Crippen molar-refractivity contribution in [3.8, 4) is 10.7 Å². The van der Waals surface area contributed by atoms with Crippen LogP contribution in [0.1, 0.15) is 44.2 Å². The van der Waals surface area contributed by atoms with Crippen LogP contribution in [-0.4, -0.2) is 71.3 Å². The number of nitrogens with one attached hydrogen (secondary N) is 1. The maximum absolute atomic E-state index is 5.14. The van der Waals surface area contributed by atoms with E-state index in [0.717, 1.165) is 49.7 Å². The molecule has 0 amide bonds. The molecule has 0 aliphatic carbocycles. The fourth-order valence-electron chi connectivity index (χ4n) is 5.00. The van der Waals surface area contributed by atoms with E-state index in [9.17, 15) is 0 Å². The van der Waals surface area contributed by atoms with Crippen molar-refractivity contribution in [1.82, 2.24) is 19.8 Å². The summed E-state index contributed by atoms with van der Waals surface area (Å²) < 4.78 is 0. The topological polar surface area (TPSA) is 56.7 Å². The van der Waals surface area contributed by atoms with Gasteiger partial charge >= 0.3 is 0 Å². The Morgan fingerprint density at radius 2 is 1.97 bits per heavy atom. The number of aromatic nitrogens is 2. The number of hydrogen-bond donors (Lipinski definition) is 1. The second kappa shape index (κ2) is 9.49. The number of aliphatic imine (C=N–C) groups is 1. The Bertz CT molecular complexity index is 924. The van der Waals surface area contributed by atoms with Crippen LogP contribution in [-0.2, 0) is 0 Å². The molecule has 1 N–H and O–H groups in total. The molecule has 1 unspecified atom stereocenters. The predicted octanol–water partition coefficient (Wildman–Crippen LogP) is 4.25. The molecule has 31 heavy (non-hydrogen) atoms. The SMILES string of the molecule is CC1N=CC=C1N1CCC(c2nc(-c3nccs3)ccc2NCCN2CCCC2)CC1. The summed E-state index contributed by atoms with van der Waals surface area (Å²) in [6.07, 6.45) is 10.9. The van der Waals surface area contributed by atoms with E-state index in [-0.39, 0.29) is 0 Å². The summed E-state index contributed by atoms with van der Waals surface area (Å²) in [5.41, 5.74) is 4.79. The van der Waals surface area contributed by atoms with Gasteiger partial charge in [0.1, 0.15) is 5.01 Å².